The van der Waals surface area contributed by atoms with Gasteiger partial charge in [-0.15, -0.1) is 0 Å². The van der Waals surface area contributed by atoms with E-state index in [0.717, 1.165) is 0 Å². The zero-order valence-electron chi connectivity index (χ0n) is 22.3. The van der Waals surface area contributed by atoms with Crippen molar-refractivity contribution >= 4 is 34.6 Å². The van der Waals surface area contributed by atoms with Gasteiger partial charge in [-0.3, -0.25) is 9.59 Å². The van der Waals surface area contributed by atoms with Crippen molar-refractivity contribution in [2.45, 2.75) is 39.5 Å². The van der Waals surface area contributed by atoms with Crippen molar-refractivity contribution < 1.29 is 19.4 Å². The first-order valence-corrected chi connectivity index (χ1v) is 13.4. The average molecular weight is 525 g/mol. The van der Waals surface area contributed by atoms with Crippen LogP contribution in [0.15, 0.2) is 89.1 Å². The monoisotopic (exact) mass is 524 g/mol. The van der Waals surface area contributed by atoms with E-state index in [9.17, 15) is 14.7 Å². The summed E-state index contributed by atoms with van der Waals surface area (Å²) >= 11 is 0. The van der Waals surface area contributed by atoms with Gasteiger partial charge < -0.3 is 9.84 Å². The SMILES string of the molecule is CCOc1cc(C(C2C(=O)N(c3ccccc3)N=C2CC)C2C(=O)N(c3ccccc3)N=C2CC)ccc1O. The third kappa shape index (κ3) is 4.78. The number of benzene rings is 3. The van der Waals surface area contributed by atoms with Gasteiger partial charge in [-0.25, -0.2) is 10.0 Å². The Morgan fingerprint density at radius 2 is 1.26 bits per heavy atom. The summed E-state index contributed by atoms with van der Waals surface area (Å²) in [7, 11) is 0. The highest BCUT2D eigenvalue weighted by Gasteiger charge is 2.51. The van der Waals surface area contributed by atoms with Crippen LogP contribution < -0.4 is 14.8 Å². The summed E-state index contributed by atoms with van der Waals surface area (Å²) in [6.07, 6.45) is 1.07. The van der Waals surface area contributed by atoms with E-state index in [1.165, 1.54) is 10.0 Å². The number of amides is 2. The van der Waals surface area contributed by atoms with Gasteiger partial charge in [0.15, 0.2) is 11.5 Å². The van der Waals surface area contributed by atoms with Gasteiger partial charge >= 0.3 is 0 Å². The van der Waals surface area contributed by atoms with E-state index in [1.54, 1.807) is 18.2 Å². The second-order valence-electron chi connectivity index (χ2n) is 9.50. The van der Waals surface area contributed by atoms with Crippen LogP contribution in [-0.4, -0.2) is 35.0 Å². The number of hydrogen-bond acceptors (Lipinski definition) is 6. The standard InChI is InChI=1S/C31H32N4O4/c1-4-23-28(30(37)34(32-23)21-13-9-7-10-14-21)27(20-17-18-25(36)26(19-20)39-6-3)29-24(5-2)33-35(31(29)38)22-15-11-8-12-16-22/h7-19,27-29,36H,4-6H2,1-3H3. The highest BCUT2D eigenvalue weighted by atomic mass is 16.5. The Morgan fingerprint density at radius 1 is 0.769 bits per heavy atom. The number of aromatic hydroxyl groups is 1. The molecule has 2 aliphatic heterocycles. The van der Waals surface area contributed by atoms with E-state index in [1.807, 2.05) is 81.4 Å². The lowest BCUT2D eigenvalue weighted by atomic mass is 9.71. The summed E-state index contributed by atoms with van der Waals surface area (Å²) in [5.41, 5.74) is 3.44. The fraction of sp³-hybridized carbons (Fsp3) is 0.290. The highest BCUT2D eigenvalue weighted by Crippen LogP contribution is 2.45. The van der Waals surface area contributed by atoms with E-state index in [4.69, 9.17) is 14.9 Å². The van der Waals surface area contributed by atoms with Crippen LogP contribution in [0.5, 0.6) is 11.5 Å². The van der Waals surface area contributed by atoms with E-state index in [0.29, 0.717) is 53.6 Å². The van der Waals surface area contributed by atoms with Crippen molar-refractivity contribution in [2.75, 3.05) is 16.6 Å². The molecule has 0 saturated heterocycles. The van der Waals surface area contributed by atoms with Gasteiger partial charge in [-0.1, -0.05) is 56.3 Å². The average Bonchev–Trinajstić information content (AvgIpc) is 3.48. The molecule has 0 saturated carbocycles. The van der Waals surface area contributed by atoms with Crippen LogP contribution in [0.2, 0.25) is 0 Å². The fourth-order valence-corrected chi connectivity index (χ4v) is 5.43. The lowest BCUT2D eigenvalue weighted by molar-refractivity contribution is -0.122. The zero-order valence-corrected chi connectivity index (χ0v) is 22.3. The van der Waals surface area contributed by atoms with E-state index in [2.05, 4.69) is 0 Å². The van der Waals surface area contributed by atoms with Gasteiger partial charge in [0.1, 0.15) is 0 Å². The Bertz CT molecular complexity index is 1340. The first kappa shape index (κ1) is 26.2. The maximum Gasteiger partial charge on any atom is 0.256 e. The quantitative estimate of drug-likeness (QED) is 0.387. The summed E-state index contributed by atoms with van der Waals surface area (Å²) in [6.45, 7) is 6.13. The van der Waals surface area contributed by atoms with E-state index >= 15 is 0 Å². The Morgan fingerprint density at radius 3 is 1.69 bits per heavy atom. The Labute approximate surface area is 228 Å². The minimum absolute atomic E-state index is 0.000403. The fourth-order valence-electron chi connectivity index (χ4n) is 5.43. The summed E-state index contributed by atoms with van der Waals surface area (Å²) in [4.78, 5) is 28.3. The minimum atomic E-state index is -0.698. The van der Waals surface area contributed by atoms with Gasteiger partial charge in [0, 0.05) is 5.92 Å². The lowest BCUT2D eigenvalue weighted by Crippen LogP contribution is -2.40. The summed E-state index contributed by atoms with van der Waals surface area (Å²) < 4.78 is 5.69. The number of phenols is 1. The van der Waals surface area contributed by atoms with Crippen LogP contribution in [0.1, 0.15) is 45.1 Å². The summed E-state index contributed by atoms with van der Waals surface area (Å²) in [5, 5.41) is 22.8. The Balaban J connectivity index is 1.65. The Kier molecular flexibility index (Phi) is 7.45. The van der Waals surface area contributed by atoms with Crippen LogP contribution in [0.25, 0.3) is 0 Å². The first-order chi connectivity index (χ1) is 19.0. The molecule has 0 aliphatic carbocycles. The van der Waals surface area contributed by atoms with Crippen molar-refractivity contribution in [2.24, 2.45) is 22.0 Å². The number of hydrogen-bond donors (Lipinski definition) is 1. The van der Waals surface area contributed by atoms with Crippen LogP contribution >= 0.6 is 0 Å². The highest BCUT2D eigenvalue weighted by molar-refractivity contribution is 6.20. The molecular weight excluding hydrogens is 492 g/mol. The predicted molar refractivity (Wildman–Crippen MR) is 152 cm³/mol. The number of carbonyl (C=O) groups excluding carboxylic acids is 2. The number of carbonyl (C=O) groups is 2. The maximum absolute atomic E-state index is 14.1. The predicted octanol–water partition coefficient (Wildman–Crippen LogP) is 5.73. The number of para-hydroxylation sites is 2. The van der Waals surface area contributed by atoms with Crippen LogP contribution in [-0.2, 0) is 9.59 Å². The molecule has 2 heterocycles. The third-order valence-corrected chi connectivity index (χ3v) is 7.24. The minimum Gasteiger partial charge on any atom is -0.504 e. The molecule has 5 rings (SSSR count). The summed E-state index contributed by atoms with van der Waals surface area (Å²) in [6, 6.07) is 23.7. The number of phenolic OH excluding ortho intramolecular Hbond substituents is 1. The van der Waals surface area contributed by atoms with Gasteiger partial charge in [0.2, 0.25) is 0 Å². The second kappa shape index (κ2) is 11.1. The zero-order chi connectivity index (χ0) is 27.5. The molecule has 2 unspecified atom stereocenters. The topological polar surface area (TPSA) is 94.8 Å². The smallest absolute Gasteiger partial charge is 0.256 e. The molecule has 2 aliphatic rings. The molecular formula is C31H32N4O4. The lowest BCUT2D eigenvalue weighted by Gasteiger charge is -2.30. The number of ether oxygens (including phenoxy) is 1. The molecule has 8 nitrogen and oxygen atoms in total. The molecule has 3 aromatic rings. The largest absolute Gasteiger partial charge is 0.504 e. The molecule has 2 amide bonds. The van der Waals surface area contributed by atoms with Gasteiger partial charge in [0.25, 0.3) is 11.8 Å². The first-order valence-electron chi connectivity index (χ1n) is 13.4. The molecule has 39 heavy (non-hydrogen) atoms. The normalized spacial score (nSPS) is 19.8. The van der Waals surface area contributed by atoms with Crippen molar-refractivity contribution in [3.8, 4) is 11.5 Å². The second-order valence-corrected chi connectivity index (χ2v) is 9.50. The molecule has 0 fully saturated rings. The number of nitrogens with zero attached hydrogens (tertiary/aromatic N) is 4. The van der Waals surface area contributed by atoms with Crippen molar-refractivity contribution in [1.82, 2.24) is 0 Å². The van der Waals surface area contributed by atoms with Crippen molar-refractivity contribution in [3.63, 3.8) is 0 Å². The molecule has 8 heteroatoms. The summed E-state index contributed by atoms with van der Waals surface area (Å²) in [5.74, 6) is -2.09. The van der Waals surface area contributed by atoms with Crippen LogP contribution in [0.3, 0.4) is 0 Å². The number of rotatable bonds is 9. The van der Waals surface area contributed by atoms with Crippen molar-refractivity contribution in [3.05, 3.63) is 84.4 Å². The molecule has 200 valence electrons. The van der Waals surface area contributed by atoms with Gasteiger partial charge in [0.05, 0.1) is 41.2 Å². The van der Waals surface area contributed by atoms with E-state index in [-0.39, 0.29) is 17.6 Å². The number of anilines is 2. The van der Waals surface area contributed by atoms with Crippen LogP contribution in [0.4, 0.5) is 11.4 Å². The molecule has 3 aromatic carbocycles. The van der Waals surface area contributed by atoms with Gasteiger partial charge in [-0.2, -0.15) is 10.2 Å². The van der Waals surface area contributed by atoms with Crippen molar-refractivity contribution in [1.29, 1.82) is 0 Å². The Hall–Kier alpha value is -4.46. The maximum atomic E-state index is 14.1. The molecule has 2 atom stereocenters. The molecule has 0 spiro atoms. The van der Waals surface area contributed by atoms with Crippen LogP contribution in [0, 0.1) is 11.8 Å². The molecule has 0 radical (unpaired) electrons. The van der Waals surface area contributed by atoms with E-state index < -0.39 is 17.8 Å². The third-order valence-electron chi connectivity index (χ3n) is 7.24. The molecule has 1 N–H and O–H groups in total. The van der Waals surface area contributed by atoms with Gasteiger partial charge in [-0.05, 0) is 61.7 Å². The molecule has 0 aromatic heterocycles. The molecule has 0 bridgehead atoms. The number of hydrazone groups is 2.